The smallest absolute Gasteiger partial charge is 0.407 e. The molecular weight excluding hydrogens is 310 g/mol. The van der Waals surface area contributed by atoms with Crippen LogP contribution in [0, 0.1) is 5.92 Å². The van der Waals surface area contributed by atoms with E-state index in [0.717, 1.165) is 6.42 Å². The van der Waals surface area contributed by atoms with Crippen LogP contribution in [-0.4, -0.2) is 35.4 Å². The molecule has 0 unspecified atom stereocenters. The Morgan fingerprint density at radius 3 is 2.21 bits per heavy atom. The van der Waals surface area contributed by atoms with E-state index in [-0.39, 0.29) is 18.2 Å². The molecule has 1 aromatic rings. The Morgan fingerprint density at radius 1 is 1.17 bits per heavy atom. The molecule has 134 valence electrons. The minimum atomic E-state index is -0.981. The third-order valence-electron chi connectivity index (χ3n) is 3.03. The van der Waals surface area contributed by atoms with E-state index < -0.39 is 17.7 Å². The lowest BCUT2D eigenvalue weighted by Gasteiger charge is -2.24. The zero-order chi connectivity index (χ0) is 18.3. The zero-order valence-corrected chi connectivity index (χ0v) is 15.0. The molecule has 0 saturated heterocycles. The lowest BCUT2D eigenvalue weighted by Crippen LogP contribution is -2.42. The summed E-state index contributed by atoms with van der Waals surface area (Å²) in [5.74, 6) is -0.0477. The zero-order valence-electron chi connectivity index (χ0n) is 15.0. The molecule has 1 aromatic carbocycles. The number of rotatable bonds is 7. The summed E-state index contributed by atoms with van der Waals surface area (Å²) in [6, 6.07) is 5.97. The highest BCUT2D eigenvalue weighted by atomic mass is 16.6. The Bertz CT molecular complexity index is 546. The van der Waals surface area contributed by atoms with Gasteiger partial charge in [-0.2, -0.15) is 0 Å². The fourth-order valence-electron chi connectivity index (χ4n) is 2.10. The second-order valence-corrected chi connectivity index (χ2v) is 7.11. The number of carboxylic acids is 1. The summed E-state index contributed by atoms with van der Waals surface area (Å²) in [5.41, 5.74) is -0.354. The highest BCUT2D eigenvalue weighted by Crippen LogP contribution is 2.14. The van der Waals surface area contributed by atoms with Crippen molar-refractivity contribution < 1.29 is 24.2 Å². The quantitative estimate of drug-likeness (QED) is 0.792. The van der Waals surface area contributed by atoms with E-state index in [9.17, 15) is 9.59 Å². The van der Waals surface area contributed by atoms with E-state index in [1.807, 2.05) is 20.8 Å². The van der Waals surface area contributed by atoms with Crippen molar-refractivity contribution in [3.05, 3.63) is 29.8 Å². The maximum absolute atomic E-state index is 11.9. The molecule has 0 aromatic heterocycles. The molecular formula is C18H27NO5. The van der Waals surface area contributed by atoms with Crippen LogP contribution in [0.1, 0.15) is 51.4 Å². The lowest BCUT2D eigenvalue weighted by molar-refractivity contribution is 0.0479. The molecule has 2 N–H and O–H groups in total. The number of hydrogen-bond acceptors (Lipinski definition) is 4. The van der Waals surface area contributed by atoms with Gasteiger partial charge in [0.15, 0.2) is 0 Å². The minimum Gasteiger partial charge on any atom is -0.491 e. The van der Waals surface area contributed by atoms with Crippen LogP contribution in [0.5, 0.6) is 5.75 Å². The van der Waals surface area contributed by atoms with E-state index >= 15 is 0 Å². The second kappa shape index (κ2) is 8.57. The predicted molar refractivity (Wildman–Crippen MR) is 91.5 cm³/mol. The Kier molecular flexibility index (Phi) is 7.07. The molecule has 1 atom stereocenters. The molecule has 0 bridgehead atoms. The Hall–Kier alpha value is -2.24. The van der Waals surface area contributed by atoms with Crippen LogP contribution < -0.4 is 10.1 Å². The Balaban J connectivity index is 2.62. The van der Waals surface area contributed by atoms with Crippen molar-refractivity contribution in [2.24, 2.45) is 5.92 Å². The second-order valence-electron chi connectivity index (χ2n) is 7.11. The molecule has 0 aliphatic heterocycles. The summed E-state index contributed by atoms with van der Waals surface area (Å²) in [6.45, 7) is 9.83. The minimum absolute atomic E-state index is 0.195. The van der Waals surface area contributed by atoms with Crippen LogP contribution >= 0.6 is 0 Å². The number of hydrogen-bond donors (Lipinski definition) is 2. The van der Waals surface area contributed by atoms with Crippen LogP contribution in [0.15, 0.2) is 24.3 Å². The van der Waals surface area contributed by atoms with Crippen molar-refractivity contribution in [3.8, 4) is 5.75 Å². The maximum Gasteiger partial charge on any atom is 0.407 e. The third kappa shape index (κ3) is 7.85. The fraction of sp³-hybridized carbons (Fsp3) is 0.556. The standard InChI is InChI=1S/C18H27NO5/c1-12(2)10-14(19-17(22)24-18(3,4)5)11-23-15-8-6-13(7-9-15)16(20)21/h6-9,12,14H,10-11H2,1-5H3,(H,19,22)(H,20,21)/t14-/m0/s1. The van der Waals surface area contributed by atoms with E-state index in [0.29, 0.717) is 11.7 Å². The Morgan fingerprint density at radius 2 is 1.75 bits per heavy atom. The maximum atomic E-state index is 11.9. The molecule has 6 heteroatoms. The van der Waals surface area contributed by atoms with Crippen molar-refractivity contribution in [3.63, 3.8) is 0 Å². The normalized spacial score (nSPS) is 12.6. The highest BCUT2D eigenvalue weighted by Gasteiger charge is 2.20. The van der Waals surface area contributed by atoms with E-state index in [1.165, 1.54) is 12.1 Å². The third-order valence-corrected chi connectivity index (χ3v) is 3.03. The molecule has 1 amide bonds. The van der Waals surface area contributed by atoms with Crippen molar-refractivity contribution in [2.75, 3.05) is 6.61 Å². The molecule has 6 nitrogen and oxygen atoms in total. The number of carbonyl (C=O) groups is 2. The average Bonchev–Trinajstić information content (AvgIpc) is 2.42. The first-order chi connectivity index (χ1) is 11.1. The number of ether oxygens (including phenoxy) is 2. The number of amides is 1. The molecule has 0 radical (unpaired) electrons. The van der Waals surface area contributed by atoms with Gasteiger partial charge in [0.05, 0.1) is 11.6 Å². The van der Waals surface area contributed by atoms with Gasteiger partial charge in [0, 0.05) is 0 Å². The number of carbonyl (C=O) groups excluding carboxylic acids is 1. The lowest BCUT2D eigenvalue weighted by atomic mass is 10.0. The van der Waals surface area contributed by atoms with Gasteiger partial charge in [-0.3, -0.25) is 0 Å². The fourth-order valence-corrected chi connectivity index (χ4v) is 2.10. The van der Waals surface area contributed by atoms with E-state index in [1.54, 1.807) is 12.1 Å². The van der Waals surface area contributed by atoms with E-state index in [4.69, 9.17) is 14.6 Å². The summed E-state index contributed by atoms with van der Waals surface area (Å²) in [7, 11) is 0. The summed E-state index contributed by atoms with van der Waals surface area (Å²) >= 11 is 0. The van der Waals surface area contributed by atoms with Gasteiger partial charge in [-0.25, -0.2) is 9.59 Å². The van der Waals surface area contributed by atoms with Crippen LogP contribution in [0.2, 0.25) is 0 Å². The first-order valence-corrected chi connectivity index (χ1v) is 8.02. The van der Waals surface area contributed by atoms with Crippen LogP contribution in [0.4, 0.5) is 4.79 Å². The van der Waals surface area contributed by atoms with Crippen molar-refractivity contribution in [2.45, 2.75) is 52.7 Å². The van der Waals surface area contributed by atoms with Crippen molar-refractivity contribution in [1.82, 2.24) is 5.32 Å². The number of aromatic carboxylic acids is 1. The number of benzene rings is 1. The topological polar surface area (TPSA) is 84.9 Å². The van der Waals surface area contributed by atoms with Crippen molar-refractivity contribution >= 4 is 12.1 Å². The van der Waals surface area contributed by atoms with Crippen LogP contribution in [0.3, 0.4) is 0 Å². The molecule has 24 heavy (non-hydrogen) atoms. The molecule has 0 fully saturated rings. The van der Waals surface area contributed by atoms with Gasteiger partial charge in [0.25, 0.3) is 0 Å². The number of alkyl carbamates (subject to hydrolysis) is 1. The monoisotopic (exact) mass is 337 g/mol. The predicted octanol–water partition coefficient (Wildman–Crippen LogP) is 3.70. The summed E-state index contributed by atoms with van der Waals surface area (Å²) in [4.78, 5) is 22.8. The van der Waals surface area contributed by atoms with Gasteiger partial charge in [0.2, 0.25) is 0 Å². The molecule has 0 aliphatic rings. The van der Waals surface area contributed by atoms with Crippen LogP contribution in [-0.2, 0) is 4.74 Å². The molecule has 1 rings (SSSR count). The van der Waals surface area contributed by atoms with Crippen molar-refractivity contribution in [1.29, 1.82) is 0 Å². The highest BCUT2D eigenvalue weighted by molar-refractivity contribution is 5.87. The van der Waals surface area contributed by atoms with Gasteiger partial charge in [0.1, 0.15) is 18.0 Å². The van der Waals surface area contributed by atoms with Gasteiger partial charge in [-0.1, -0.05) is 13.8 Å². The molecule has 0 aliphatic carbocycles. The van der Waals surface area contributed by atoms with Crippen LogP contribution in [0.25, 0.3) is 0 Å². The first-order valence-electron chi connectivity index (χ1n) is 8.02. The molecule has 0 saturated carbocycles. The molecule has 0 spiro atoms. The van der Waals surface area contributed by atoms with Gasteiger partial charge >= 0.3 is 12.1 Å². The average molecular weight is 337 g/mol. The number of carboxylic acid groups (broad SMARTS) is 1. The first kappa shape index (κ1) is 19.8. The van der Waals surface area contributed by atoms with E-state index in [2.05, 4.69) is 19.2 Å². The number of nitrogens with one attached hydrogen (secondary N) is 1. The summed E-state index contributed by atoms with van der Waals surface area (Å²) < 4.78 is 10.9. The van der Waals surface area contributed by atoms with Gasteiger partial charge in [-0.05, 0) is 57.4 Å². The van der Waals surface area contributed by atoms with Gasteiger partial charge in [-0.15, -0.1) is 0 Å². The summed E-state index contributed by atoms with van der Waals surface area (Å²) in [6.07, 6.45) is 0.268. The van der Waals surface area contributed by atoms with Gasteiger partial charge < -0.3 is 19.9 Å². The largest absolute Gasteiger partial charge is 0.491 e. The SMILES string of the molecule is CC(C)C[C@@H](COc1ccc(C(=O)O)cc1)NC(=O)OC(C)(C)C. The Labute approximate surface area is 143 Å². The summed E-state index contributed by atoms with van der Waals surface area (Å²) in [5, 5.41) is 11.7. The molecule has 0 heterocycles.